The van der Waals surface area contributed by atoms with Crippen LogP contribution < -0.4 is 20.7 Å². The molecular formula is C13H21N3O3S. The van der Waals surface area contributed by atoms with Gasteiger partial charge in [0.25, 0.3) is 5.91 Å². The van der Waals surface area contributed by atoms with Gasteiger partial charge >= 0.3 is 0 Å². The van der Waals surface area contributed by atoms with E-state index in [1.54, 1.807) is 14.2 Å². The molecule has 0 unspecified atom stereocenters. The molecule has 0 radical (unpaired) electrons. The topological polar surface area (TPSA) is 87.8 Å². The number of nitrogens with two attached hydrogens (primary N) is 1. The van der Waals surface area contributed by atoms with E-state index >= 15 is 0 Å². The third kappa shape index (κ3) is 2.69. The summed E-state index contributed by atoms with van der Waals surface area (Å²) in [6.45, 7) is 3.29. The van der Waals surface area contributed by atoms with Crippen molar-refractivity contribution in [1.29, 1.82) is 0 Å². The fourth-order valence-electron chi connectivity index (χ4n) is 2.30. The van der Waals surface area contributed by atoms with Crippen LogP contribution in [0, 0.1) is 0 Å². The summed E-state index contributed by atoms with van der Waals surface area (Å²) in [7, 11) is 3.13. The van der Waals surface area contributed by atoms with Gasteiger partial charge in [-0.05, 0) is 19.8 Å². The molecule has 112 valence electrons. The second-order valence-electron chi connectivity index (χ2n) is 5.25. The average Bonchev–Trinajstić information content (AvgIpc) is 2.75. The van der Waals surface area contributed by atoms with Crippen molar-refractivity contribution < 1.29 is 14.6 Å². The molecule has 7 heteroatoms. The Balaban J connectivity index is 2.30. The van der Waals surface area contributed by atoms with Gasteiger partial charge in [-0.3, -0.25) is 4.79 Å². The quantitative estimate of drug-likeness (QED) is 0.776. The number of piperidine rings is 1. The predicted octanol–water partition coefficient (Wildman–Crippen LogP) is 1.05. The Morgan fingerprint density at radius 1 is 1.50 bits per heavy atom. The molecule has 1 aliphatic heterocycles. The maximum atomic E-state index is 11.8. The van der Waals surface area contributed by atoms with Gasteiger partial charge in [-0.1, -0.05) is 0 Å². The van der Waals surface area contributed by atoms with Crippen LogP contribution in [0.4, 0.5) is 10.7 Å². The first-order valence-electron chi connectivity index (χ1n) is 6.55. The highest BCUT2D eigenvalue weighted by atomic mass is 32.1. The Bertz CT molecular complexity index is 503. The zero-order chi connectivity index (χ0) is 14.9. The zero-order valence-electron chi connectivity index (χ0n) is 12.0. The van der Waals surface area contributed by atoms with Crippen molar-refractivity contribution in [2.75, 3.05) is 37.9 Å². The second-order valence-corrected chi connectivity index (χ2v) is 6.25. The van der Waals surface area contributed by atoms with E-state index in [0.717, 1.165) is 18.1 Å². The van der Waals surface area contributed by atoms with E-state index < -0.39 is 5.60 Å². The summed E-state index contributed by atoms with van der Waals surface area (Å²) in [6, 6.07) is 0. The van der Waals surface area contributed by atoms with E-state index in [-0.39, 0.29) is 5.91 Å². The summed E-state index contributed by atoms with van der Waals surface area (Å²) in [5.74, 6) is 0.344. The molecule has 0 spiro atoms. The van der Waals surface area contributed by atoms with Crippen LogP contribution in [0.1, 0.15) is 29.4 Å². The third-order valence-electron chi connectivity index (χ3n) is 3.65. The van der Waals surface area contributed by atoms with Crippen LogP contribution in [-0.4, -0.2) is 43.9 Å². The molecule has 1 aliphatic rings. The molecule has 2 rings (SSSR count). The first-order valence-corrected chi connectivity index (χ1v) is 7.37. The lowest BCUT2D eigenvalue weighted by molar-refractivity contribution is 0.0352. The summed E-state index contributed by atoms with van der Waals surface area (Å²) < 4.78 is 5.36. The van der Waals surface area contributed by atoms with Gasteiger partial charge in [0, 0.05) is 20.1 Å². The first-order chi connectivity index (χ1) is 9.39. The number of thiophene rings is 1. The first kappa shape index (κ1) is 14.9. The maximum Gasteiger partial charge on any atom is 0.263 e. The molecule has 0 bridgehead atoms. The van der Waals surface area contributed by atoms with Gasteiger partial charge in [-0.15, -0.1) is 11.3 Å². The van der Waals surface area contributed by atoms with E-state index in [2.05, 4.69) is 10.2 Å². The van der Waals surface area contributed by atoms with Crippen LogP contribution in [0.2, 0.25) is 0 Å². The van der Waals surface area contributed by atoms with E-state index in [1.165, 1.54) is 11.3 Å². The lowest BCUT2D eigenvalue weighted by atomic mass is 9.94. The number of aliphatic hydroxyl groups is 1. The lowest BCUT2D eigenvalue weighted by Gasteiger charge is -2.36. The molecule has 1 aromatic rings. The molecule has 1 fully saturated rings. The summed E-state index contributed by atoms with van der Waals surface area (Å²) in [6.07, 6.45) is 1.37. The summed E-state index contributed by atoms with van der Waals surface area (Å²) in [4.78, 5) is 14.4. The number of carbonyl (C=O) groups excluding carboxylic acids is 1. The van der Waals surface area contributed by atoms with Crippen molar-refractivity contribution in [2.24, 2.45) is 0 Å². The molecule has 0 aliphatic carbocycles. The largest absolute Gasteiger partial charge is 0.492 e. The molecule has 1 amide bonds. The molecule has 0 saturated carbocycles. The van der Waals surface area contributed by atoms with Crippen LogP contribution in [0.25, 0.3) is 0 Å². The Kier molecular flexibility index (Phi) is 4.10. The molecule has 2 heterocycles. The van der Waals surface area contributed by atoms with Gasteiger partial charge in [0.1, 0.15) is 15.6 Å². The molecule has 1 aromatic heterocycles. The number of nitrogen functional groups attached to an aromatic ring is 1. The number of carbonyl (C=O) groups is 1. The van der Waals surface area contributed by atoms with Crippen molar-refractivity contribution in [1.82, 2.24) is 5.32 Å². The third-order valence-corrected chi connectivity index (χ3v) is 4.89. The highest BCUT2D eigenvalue weighted by Gasteiger charge is 2.31. The smallest absolute Gasteiger partial charge is 0.263 e. The second kappa shape index (κ2) is 5.49. The van der Waals surface area contributed by atoms with Crippen LogP contribution in [0.15, 0.2) is 0 Å². The van der Waals surface area contributed by atoms with Crippen LogP contribution in [0.3, 0.4) is 0 Å². The Morgan fingerprint density at radius 3 is 2.60 bits per heavy atom. The Morgan fingerprint density at radius 2 is 2.10 bits per heavy atom. The number of rotatable bonds is 3. The number of ether oxygens (including phenoxy) is 1. The fourth-order valence-corrected chi connectivity index (χ4v) is 3.48. The number of nitrogens with one attached hydrogen (secondary N) is 1. The number of nitrogens with zero attached hydrogens (tertiary/aromatic N) is 1. The minimum absolute atomic E-state index is 0.207. The van der Waals surface area contributed by atoms with Gasteiger partial charge < -0.3 is 25.8 Å². The van der Waals surface area contributed by atoms with E-state index in [4.69, 9.17) is 10.5 Å². The summed E-state index contributed by atoms with van der Waals surface area (Å²) in [5, 5.41) is 13.4. The Labute approximate surface area is 122 Å². The molecule has 20 heavy (non-hydrogen) atoms. The normalized spacial score (nSPS) is 17.9. The van der Waals surface area contributed by atoms with Gasteiger partial charge in [0.05, 0.1) is 12.7 Å². The minimum atomic E-state index is -0.615. The van der Waals surface area contributed by atoms with Gasteiger partial charge in [0.15, 0.2) is 5.75 Å². The maximum absolute atomic E-state index is 11.8. The molecule has 6 nitrogen and oxygen atoms in total. The number of methoxy groups -OCH3 is 1. The predicted molar refractivity (Wildman–Crippen MR) is 80.7 cm³/mol. The molecule has 1 saturated heterocycles. The van der Waals surface area contributed by atoms with Crippen molar-refractivity contribution in [3.05, 3.63) is 4.88 Å². The molecule has 0 aromatic carbocycles. The monoisotopic (exact) mass is 299 g/mol. The van der Waals surface area contributed by atoms with Crippen LogP contribution in [-0.2, 0) is 0 Å². The van der Waals surface area contributed by atoms with Crippen LogP contribution >= 0.6 is 11.3 Å². The summed E-state index contributed by atoms with van der Waals surface area (Å²) in [5.41, 5.74) is 5.76. The Hall–Kier alpha value is -1.47. The SMILES string of the molecule is CNC(=O)c1sc(N2CCC(C)(O)CC2)c(OC)c1N. The number of hydrogen-bond acceptors (Lipinski definition) is 6. The van der Waals surface area contributed by atoms with E-state index in [9.17, 15) is 9.90 Å². The lowest BCUT2D eigenvalue weighted by Crippen LogP contribution is -2.42. The number of anilines is 2. The average molecular weight is 299 g/mol. The molecular weight excluding hydrogens is 278 g/mol. The standard InChI is InChI=1S/C13H21N3O3S/c1-13(18)4-6-16(7-5-13)12-9(19-3)8(14)10(20-12)11(17)15-2/h18H,4-7,14H2,1-3H3,(H,15,17). The van der Waals surface area contributed by atoms with Crippen LogP contribution in [0.5, 0.6) is 5.75 Å². The summed E-state index contributed by atoms with van der Waals surface area (Å²) >= 11 is 1.33. The number of amides is 1. The molecule has 0 atom stereocenters. The van der Waals surface area contributed by atoms with Gasteiger partial charge in [-0.25, -0.2) is 0 Å². The van der Waals surface area contributed by atoms with Gasteiger partial charge in [-0.2, -0.15) is 0 Å². The number of hydrogen-bond donors (Lipinski definition) is 3. The fraction of sp³-hybridized carbons (Fsp3) is 0.615. The van der Waals surface area contributed by atoms with Crippen molar-refractivity contribution in [3.8, 4) is 5.75 Å². The van der Waals surface area contributed by atoms with Crippen molar-refractivity contribution in [2.45, 2.75) is 25.4 Å². The minimum Gasteiger partial charge on any atom is -0.492 e. The molecule has 4 N–H and O–H groups in total. The van der Waals surface area contributed by atoms with Crippen molar-refractivity contribution >= 4 is 27.9 Å². The van der Waals surface area contributed by atoms with E-state index in [1.807, 2.05) is 6.92 Å². The zero-order valence-corrected chi connectivity index (χ0v) is 12.8. The highest BCUT2D eigenvalue weighted by Crippen LogP contribution is 2.45. The van der Waals surface area contributed by atoms with Crippen molar-refractivity contribution in [3.63, 3.8) is 0 Å². The van der Waals surface area contributed by atoms with Gasteiger partial charge in [0.2, 0.25) is 0 Å². The van der Waals surface area contributed by atoms with E-state index in [0.29, 0.717) is 29.2 Å². The highest BCUT2D eigenvalue weighted by molar-refractivity contribution is 7.19.